The van der Waals surface area contributed by atoms with E-state index in [-0.39, 0.29) is 17.4 Å². The summed E-state index contributed by atoms with van der Waals surface area (Å²) in [6, 6.07) is 2.42. The van der Waals surface area contributed by atoms with Gasteiger partial charge in [0.2, 0.25) is 5.91 Å². The first kappa shape index (κ1) is 17.0. The normalized spacial score (nSPS) is 24.1. The van der Waals surface area contributed by atoms with Crippen molar-refractivity contribution in [3.63, 3.8) is 0 Å². The fourth-order valence-corrected chi connectivity index (χ4v) is 2.74. The van der Waals surface area contributed by atoms with Crippen LogP contribution in [0.25, 0.3) is 0 Å². The van der Waals surface area contributed by atoms with E-state index in [4.69, 9.17) is 5.26 Å². The zero-order valence-corrected chi connectivity index (χ0v) is 13.4. The van der Waals surface area contributed by atoms with E-state index in [1.54, 1.807) is 0 Å². The Morgan fingerprint density at radius 1 is 1.40 bits per heavy atom. The van der Waals surface area contributed by atoms with Gasteiger partial charge in [0.15, 0.2) is 0 Å². The molecule has 0 saturated carbocycles. The quantitative estimate of drug-likeness (QED) is 0.787. The first-order valence-corrected chi connectivity index (χ1v) is 7.77. The standard InChI is InChI=1S/C16H29N3O/c1-5-6-7-13-10-14(12-19(11-13)9-8-17)18-15(20)16(2,3)4/h13-14H,5-7,9-12H2,1-4H3,(H,18,20). The predicted octanol–water partition coefficient (Wildman–Crippen LogP) is 2.55. The Hall–Kier alpha value is -1.08. The molecule has 4 heteroatoms. The molecule has 4 nitrogen and oxygen atoms in total. The molecular formula is C16H29N3O. The van der Waals surface area contributed by atoms with E-state index in [2.05, 4.69) is 23.2 Å². The molecule has 20 heavy (non-hydrogen) atoms. The fourth-order valence-electron chi connectivity index (χ4n) is 2.74. The van der Waals surface area contributed by atoms with Gasteiger partial charge in [0.1, 0.15) is 0 Å². The molecule has 0 bridgehead atoms. The van der Waals surface area contributed by atoms with Crippen molar-refractivity contribution in [3.8, 4) is 6.07 Å². The van der Waals surface area contributed by atoms with Crippen LogP contribution in [0.5, 0.6) is 0 Å². The average molecular weight is 279 g/mol. The molecule has 114 valence electrons. The summed E-state index contributed by atoms with van der Waals surface area (Å²) >= 11 is 0. The summed E-state index contributed by atoms with van der Waals surface area (Å²) in [6.45, 7) is 10.3. The molecule has 1 amide bonds. The molecule has 2 unspecified atom stereocenters. The second kappa shape index (κ2) is 7.64. The summed E-state index contributed by atoms with van der Waals surface area (Å²) in [5.41, 5.74) is -0.351. The van der Waals surface area contributed by atoms with Gasteiger partial charge in [-0.25, -0.2) is 0 Å². The van der Waals surface area contributed by atoms with E-state index >= 15 is 0 Å². The van der Waals surface area contributed by atoms with Gasteiger partial charge in [-0.2, -0.15) is 5.26 Å². The Balaban J connectivity index is 2.60. The molecular weight excluding hydrogens is 250 g/mol. The summed E-state index contributed by atoms with van der Waals surface area (Å²) in [4.78, 5) is 14.3. The summed E-state index contributed by atoms with van der Waals surface area (Å²) < 4.78 is 0. The Morgan fingerprint density at radius 2 is 2.10 bits per heavy atom. The van der Waals surface area contributed by atoms with Crippen molar-refractivity contribution in [2.45, 2.75) is 59.4 Å². The van der Waals surface area contributed by atoms with Crippen LogP contribution in [0, 0.1) is 22.7 Å². The molecule has 2 atom stereocenters. The van der Waals surface area contributed by atoms with Gasteiger partial charge < -0.3 is 5.32 Å². The van der Waals surface area contributed by atoms with Crippen LogP contribution in [-0.4, -0.2) is 36.5 Å². The lowest BCUT2D eigenvalue weighted by atomic mass is 9.88. The number of nitriles is 1. The van der Waals surface area contributed by atoms with Gasteiger partial charge in [-0.1, -0.05) is 40.5 Å². The van der Waals surface area contributed by atoms with Crippen molar-refractivity contribution in [1.29, 1.82) is 5.26 Å². The third kappa shape index (κ3) is 5.50. The second-order valence-corrected chi connectivity index (χ2v) is 7.02. The van der Waals surface area contributed by atoms with E-state index < -0.39 is 0 Å². The summed E-state index contributed by atoms with van der Waals surface area (Å²) in [5, 5.41) is 12.1. The molecule has 0 spiro atoms. The maximum atomic E-state index is 12.1. The molecule has 0 aliphatic carbocycles. The highest BCUT2D eigenvalue weighted by Gasteiger charge is 2.30. The highest BCUT2D eigenvalue weighted by molar-refractivity contribution is 5.81. The zero-order chi connectivity index (χ0) is 15.2. The van der Waals surface area contributed by atoms with Crippen molar-refractivity contribution in [2.75, 3.05) is 19.6 Å². The van der Waals surface area contributed by atoms with Crippen LogP contribution >= 0.6 is 0 Å². The topological polar surface area (TPSA) is 56.1 Å². The summed E-state index contributed by atoms with van der Waals surface area (Å²) in [6.07, 6.45) is 4.67. The predicted molar refractivity (Wildman–Crippen MR) is 81.1 cm³/mol. The third-order valence-electron chi connectivity index (χ3n) is 3.89. The maximum Gasteiger partial charge on any atom is 0.225 e. The van der Waals surface area contributed by atoms with Gasteiger partial charge in [0.05, 0.1) is 12.6 Å². The Kier molecular flexibility index (Phi) is 6.48. The van der Waals surface area contributed by atoms with Gasteiger partial charge >= 0.3 is 0 Å². The van der Waals surface area contributed by atoms with Crippen LogP contribution in [0.1, 0.15) is 53.4 Å². The number of carbonyl (C=O) groups is 1. The summed E-state index contributed by atoms with van der Waals surface area (Å²) in [7, 11) is 0. The third-order valence-corrected chi connectivity index (χ3v) is 3.89. The monoisotopic (exact) mass is 279 g/mol. The Morgan fingerprint density at radius 3 is 2.65 bits per heavy atom. The van der Waals surface area contributed by atoms with Crippen LogP contribution in [0.2, 0.25) is 0 Å². The average Bonchev–Trinajstić information content (AvgIpc) is 2.35. The fraction of sp³-hybridized carbons (Fsp3) is 0.875. The van der Waals surface area contributed by atoms with Gasteiger partial charge in [-0.3, -0.25) is 9.69 Å². The lowest BCUT2D eigenvalue weighted by molar-refractivity contribution is -0.129. The lowest BCUT2D eigenvalue weighted by Crippen LogP contribution is -2.52. The zero-order valence-electron chi connectivity index (χ0n) is 13.4. The molecule has 0 aromatic heterocycles. The molecule has 1 saturated heterocycles. The van der Waals surface area contributed by atoms with Crippen LogP contribution < -0.4 is 5.32 Å². The van der Waals surface area contributed by atoms with Gasteiger partial charge in [-0.05, 0) is 18.8 Å². The van der Waals surface area contributed by atoms with Crippen LogP contribution in [0.15, 0.2) is 0 Å². The maximum absolute atomic E-state index is 12.1. The van der Waals surface area contributed by atoms with Gasteiger partial charge in [0, 0.05) is 24.5 Å². The van der Waals surface area contributed by atoms with Crippen molar-refractivity contribution < 1.29 is 4.79 Å². The molecule has 1 fully saturated rings. The molecule has 1 aliphatic heterocycles. The molecule has 1 aliphatic rings. The van der Waals surface area contributed by atoms with E-state index in [1.165, 1.54) is 19.3 Å². The number of unbranched alkanes of at least 4 members (excludes halogenated alkanes) is 1. The van der Waals surface area contributed by atoms with E-state index in [1.807, 2.05) is 20.8 Å². The molecule has 1 heterocycles. The molecule has 0 aromatic rings. The summed E-state index contributed by atoms with van der Waals surface area (Å²) in [5.74, 6) is 0.706. The number of nitrogens with zero attached hydrogens (tertiary/aromatic N) is 2. The van der Waals surface area contributed by atoms with E-state index in [0.717, 1.165) is 19.5 Å². The molecule has 1 rings (SSSR count). The minimum absolute atomic E-state index is 0.107. The van der Waals surface area contributed by atoms with Crippen molar-refractivity contribution in [2.24, 2.45) is 11.3 Å². The van der Waals surface area contributed by atoms with Gasteiger partial charge in [0.25, 0.3) is 0 Å². The Bertz CT molecular complexity index is 354. The first-order valence-electron chi connectivity index (χ1n) is 7.77. The van der Waals surface area contributed by atoms with Crippen LogP contribution in [0.4, 0.5) is 0 Å². The first-order chi connectivity index (χ1) is 9.36. The SMILES string of the molecule is CCCCC1CC(NC(=O)C(C)(C)C)CN(CC#N)C1. The van der Waals surface area contributed by atoms with Crippen LogP contribution in [0.3, 0.4) is 0 Å². The largest absolute Gasteiger partial charge is 0.352 e. The number of hydrogen-bond acceptors (Lipinski definition) is 3. The van der Waals surface area contributed by atoms with E-state index in [0.29, 0.717) is 12.5 Å². The molecule has 0 aromatic carbocycles. The van der Waals surface area contributed by atoms with E-state index in [9.17, 15) is 4.79 Å². The minimum atomic E-state index is -0.351. The Labute approximate surface area is 123 Å². The number of likely N-dealkylation sites (tertiary alicyclic amines) is 1. The molecule has 1 N–H and O–H groups in total. The number of amides is 1. The van der Waals surface area contributed by atoms with Gasteiger partial charge in [-0.15, -0.1) is 0 Å². The molecule has 0 radical (unpaired) electrons. The minimum Gasteiger partial charge on any atom is -0.352 e. The number of nitrogens with one attached hydrogen (secondary N) is 1. The number of rotatable bonds is 5. The second-order valence-electron chi connectivity index (χ2n) is 7.02. The highest BCUT2D eigenvalue weighted by Crippen LogP contribution is 2.23. The van der Waals surface area contributed by atoms with Crippen molar-refractivity contribution in [3.05, 3.63) is 0 Å². The number of carbonyl (C=O) groups excluding carboxylic acids is 1. The number of hydrogen-bond donors (Lipinski definition) is 1. The van der Waals surface area contributed by atoms with Crippen molar-refractivity contribution in [1.82, 2.24) is 10.2 Å². The van der Waals surface area contributed by atoms with Crippen molar-refractivity contribution >= 4 is 5.91 Å². The highest BCUT2D eigenvalue weighted by atomic mass is 16.2. The lowest BCUT2D eigenvalue weighted by Gasteiger charge is -2.38. The van der Waals surface area contributed by atoms with Crippen LogP contribution in [-0.2, 0) is 4.79 Å². The smallest absolute Gasteiger partial charge is 0.225 e. The number of piperidine rings is 1.